The van der Waals surface area contributed by atoms with Crippen molar-refractivity contribution in [1.29, 1.82) is 0 Å². The highest BCUT2D eigenvalue weighted by atomic mass is 32.1. The first kappa shape index (κ1) is 10.1. The molecule has 1 aliphatic rings. The molecule has 0 aliphatic heterocycles. The summed E-state index contributed by atoms with van der Waals surface area (Å²) in [6.07, 6.45) is 3.87. The van der Waals surface area contributed by atoms with E-state index in [-0.39, 0.29) is 0 Å². The average molecular weight is 232 g/mol. The number of benzene rings is 1. The van der Waals surface area contributed by atoms with Crippen molar-refractivity contribution in [2.45, 2.75) is 38.6 Å². The maximum atomic E-state index is 4.69. The number of aromatic nitrogens is 1. The Morgan fingerprint density at radius 2 is 2.19 bits per heavy atom. The molecule has 0 spiro atoms. The molecule has 84 valence electrons. The molecule has 1 aromatic carbocycles. The number of hydrogen-bond acceptors (Lipinski definition) is 3. The van der Waals surface area contributed by atoms with Crippen LogP contribution in [0, 0.1) is 6.92 Å². The van der Waals surface area contributed by atoms with E-state index in [1.54, 1.807) is 11.3 Å². The molecule has 1 aromatic heterocycles. The molecule has 0 atom stereocenters. The summed E-state index contributed by atoms with van der Waals surface area (Å²) in [6, 6.07) is 6.37. The highest BCUT2D eigenvalue weighted by Gasteiger charge is 2.32. The average Bonchev–Trinajstić information content (AvgIpc) is 2.59. The first-order chi connectivity index (χ1) is 7.66. The fourth-order valence-electron chi connectivity index (χ4n) is 2.23. The molecule has 2 aromatic rings. The molecule has 0 bridgehead atoms. The number of rotatable bonds is 2. The van der Waals surface area contributed by atoms with Crippen molar-refractivity contribution in [3.8, 4) is 0 Å². The Morgan fingerprint density at radius 1 is 1.38 bits per heavy atom. The van der Waals surface area contributed by atoms with E-state index in [9.17, 15) is 0 Å². The SMILES string of the molecule is Cc1cccc2sc(NC3(C)CCC3)nc12. The molecule has 1 heterocycles. The number of nitrogens with zero attached hydrogens (tertiary/aromatic N) is 1. The predicted molar refractivity (Wildman–Crippen MR) is 70.2 cm³/mol. The summed E-state index contributed by atoms with van der Waals surface area (Å²) >= 11 is 1.77. The van der Waals surface area contributed by atoms with Gasteiger partial charge in [-0.05, 0) is 44.7 Å². The molecule has 1 fully saturated rings. The summed E-state index contributed by atoms with van der Waals surface area (Å²) < 4.78 is 1.28. The minimum Gasteiger partial charge on any atom is -0.356 e. The monoisotopic (exact) mass is 232 g/mol. The van der Waals surface area contributed by atoms with Crippen LogP contribution < -0.4 is 5.32 Å². The van der Waals surface area contributed by atoms with E-state index in [1.807, 2.05) is 0 Å². The zero-order chi connectivity index (χ0) is 11.2. The summed E-state index contributed by atoms with van der Waals surface area (Å²) in [7, 11) is 0. The molecule has 0 amide bonds. The lowest BCUT2D eigenvalue weighted by Crippen LogP contribution is -2.41. The van der Waals surface area contributed by atoms with Crippen LogP contribution >= 0.6 is 11.3 Å². The number of fused-ring (bicyclic) bond motifs is 1. The van der Waals surface area contributed by atoms with E-state index in [0.717, 1.165) is 10.6 Å². The normalized spacial score (nSPS) is 18.4. The maximum absolute atomic E-state index is 4.69. The molecular weight excluding hydrogens is 216 g/mol. The standard InChI is InChI=1S/C13H16N2S/c1-9-5-3-6-10-11(9)14-12(16-10)15-13(2)7-4-8-13/h3,5-6H,4,7-8H2,1-2H3,(H,14,15). The van der Waals surface area contributed by atoms with Crippen LogP contribution in [0.25, 0.3) is 10.2 Å². The number of nitrogens with one attached hydrogen (secondary N) is 1. The van der Waals surface area contributed by atoms with Gasteiger partial charge >= 0.3 is 0 Å². The number of para-hydroxylation sites is 1. The number of aryl methyl sites for hydroxylation is 1. The van der Waals surface area contributed by atoms with Crippen LogP contribution in [0.15, 0.2) is 18.2 Å². The van der Waals surface area contributed by atoms with E-state index in [0.29, 0.717) is 5.54 Å². The molecule has 0 unspecified atom stereocenters. The minimum absolute atomic E-state index is 0.293. The van der Waals surface area contributed by atoms with Crippen molar-refractivity contribution in [2.24, 2.45) is 0 Å². The van der Waals surface area contributed by atoms with E-state index < -0.39 is 0 Å². The molecule has 2 nitrogen and oxygen atoms in total. The van der Waals surface area contributed by atoms with Gasteiger partial charge in [0.05, 0.1) is 10.2 Å². The third kappa shape index (κ3) is 1.59. The van der Waals surface area contributed by atoms with Crippen molar-refractivity contribution in [3.05, 3.63) is 23.8 Å². The molecule has 1 saturated carbocycles. The van der Waals surface area contributed by atoms with E-state index in [1.165, 1.54) is 29.5 Å². The van der Waals surface area contributed by atoms with Gasteiger partial charge in [-0.15, -0.1) is 0 Å². The number of hydrogen-bond donors (Lipinski definition) is 1. The van der Waals surface area contributed by atoms with Gasteiger partial charge in [0.1, 0.15) is 0 Å². The molecule has 0 saturated heterocycles. The van der Waals surface area contributed by atoms with Crippen LogP contribution in [0.1, 0.15) is 31.7 Å². The lowest BCUT2D eigenvalue weighted by Gasteiger charge is -2.39. The van der Waals surface area contributed by atoms with Gasteiger partial charge in [-0.25, -0.2) is 4.98 Å². The van der Waals surface area contributed by atoms with Crippen LogP contribution in [-0.4, -0.2) is 10.5 Å². The van der Waals surface area contributed by atoms with Gasteiger partial charge in [-0.1, -0.05) is 23.5 Å². The van der Waals surface area contributed by atoms with Crippen molar-refractivity contribution >= 4 is 26.7 Å². The Bertz CT molecular complexity index is 526. The summed E-state index contributed by atoms with van der Waals surface area (Å²) in [5, 5.41) is 4.65. The fraction of sp³-hybridized carbons (Fsp3) is 0.462. The Labute approximate surface area is 99.7 Å². The smallest absolute Gasteiger partial charge is 0.184 e. The molecule has 16 heavy (non-hydrogen) atoms. The Morgan fingerprint density at radius 3 is 2.81 bits per heavy atom. The first-order valence-corrected chi connectivity index (χ1v) is 6.62. The Kier molecular flexibility index (Phi) is 2.18. The third-order valence-corrected chi connectivity index (χ3v) is 4.42. The zero-order valence-corrected chi connectivity index (χ0v) is 10.5. The highest BCUT2D eigenvalue weighted by molar-refractivity contribution is 7.22. The van der Waals surface area contributed by atoms with E-state index in [4.69, 9.17) is 0 Å². The minimum atomic E-state index is 0.293. The van der Waals surface area contributed by atoms with Crippen molar-refractivity contribution in [1.82, 2.24) is 4.98 Å². The van der Waals surface area contributed by atoms with Crippen LogP contribution in [0.3, 0.4) is 0 Å². The second-order valence-corrected chi connectivity index (χ2v) is 6.01. The van der Waals surface area contributed by atoms with Gasteiger partial charge in [0, 0.05) is 5.54 Å². The van der Waals surface area contributed by atoms with Crippen LogP contribution in [0.4, 0.5) is 5.13 Å². The van der Waals surface area contributed by atoms with Crippen molar-refractivity contribution in [3.63, 3.8) is 0 Å². The lowest BCUT2D eigenvalue weighted by atomic mass is 9.79. The molecule has 3 rings (SSSR count). The van der Waals surface area contributed by atoms with Gasteiger partial charge in [0.2, 0.25) is 0 Å². The molecule has 3 heteroatoms. The summed E-state index contributed by atoms with van der Waals surface area (Å²) in [5.41, 5.74) is 2.71. The van der Waals surface area contributed by atoms with E-state index >= 15 is 0 Å². The van der Waals surface area contributed by atoms with E-state index in [2.05, 4.69) is 42.3 Å². The first-order valence-electron chi connectivity index (χ1n) is 5.81. The zero-order valence-electron chi connectivity index (χ0n) is 9.71. The second-order valence-electron chi connectivity index (χ2n) is 4.98. The Hall–Kier alpha value is -1.09. The molecule has 0 radical (unpaired) electrons. The molecule has 1 N–H and O–H groups in total. The van der Waals surface area contributed by atoms with Gasteiger partial charge in [0.25, 0.3) is 0 Å². The summed E-state index contributed by atoms with van der Waals surface area (Å²) in [4.78, 5) is 4.69. The van der Waals surface area contributed by atoms with Crippen LogP contribution in [0.5, 0.6) is 0 Å². The topological polar surface area (TPSA) is 24.9 Å². The van der Waals surface area contributed by atoms with Crippen molar-refractivity contribution < 1.29 is 0 Å². The number of anilines is 1. The summed E-state index contributed by atoms with van der Waals surface area (Å²) in [6.45, 7) is 4.41. The molecule has 1 aliphatic carbocycles. The third-order valence-electron chi connectivity index (χ3n) is 3.49. The largest absolute Gasteiger partial charge is 0.356 e. The van der Waals surface area contributed by atoms with Crippen LogP contribution in [0.2, 0.25) is 0 Å². The fourth-order valence-corrected chi connectivity index (χ4v) is 3.32. The van der Waals surface area contributed by atoms with Crippen molar-refractivity contribution in [2.75, 3.05) is 5.32 Å². The van der Waals surface area contributed by atoms with Gasteiger partial charge in [-0.3, -0.25) is 0 Å². The van der Waals surface area contributed by atoms with Gasteiger partial charge < -0.3 is 5.32 Å². The second kappa shape index (κ2) is 3.45. The molecular formula is C13H16N2S. The van der Waals surface area contributed by atoms with Gasteiger partial charge in [-0.2, -0.15) is 0 Å². The lowest BCUT2D eigenvalue weighted by molar-refractivity contribution is 0.306. The maximum Gasteiger partial charge on any atom is 0.184 e. The number of thiazole rings is 1. The Balaban J connectivity index is 1.96. The highest BCUT2D eigenvalue weighted by Crippen LogP contribution is 2.37. The van der Waals surface area contributed by atoms with Crippen LogP contribution in [-0.2, 0) is 0 Å². The quantitative estimate of drug-likeness (QED) is 0.847. The summed E-state index contributed by atoms with van der Waals surface area (Å²) in [5.74, 6) is 0. The van der Waals surface area contributed by atoms with Gasteiger partial charge in [0.15, 0.2) is 5.13 Å². The predicted octanol–water partition coefficient (Wildman–Crippen LogP) is 3.96.